The molecule has 13 heteroatoms. The number of aliphatic hydroxyl groups is 1. The summed E-state index contributed by atoms with van der Waals surface area (Å²) >= 11 is 0. The summed E-state index contributed by atoms with van der Waals surface area (Å²) in [5.41, 5.74) is 0.00190. The van der Waals surface area contributed by atoms with Gasteiger partial charge in [-0.3, -0.25) is 24.5 Å². The second kappa shape index (κ2) is 17.1. The van der Waals surface area contributed by atoms with E-state index in [1.165, 1.54) is 6.92 Å². The first-order valence-corrected chi connectivity index (χ1v) is 20.4. The molecule has 3 saturated heterocycles. The zero-order valence-electron chi connectivity index (χ0n) is 35.1. The summed E-state index contributed by atoms with van der Waals surface area (Å²) in [6.07, 6.45) is -1.73. The quantitative estimate of drug-likeness (QED) is 0.238. The first-order chi connectivity index (χ1) is 27.0. The topological polar surface area (TPSA) is 149 Å². The van der Waals surface area contributed by atoms with Crippen molar-refractivity contribution < 1.29 is 43.2 Å². The van der Waals surface area contributed by atoms with Crippen LogP contribution >= 0.6 is 0 Å². The molecule has 310 valence electrons. The molecule has 1 aromatic carbocycles. The van der Waals surface area contributed by atoms with Crippen molar-refractivity contribution in [1.29, 1.82) is 0 Å². The maximum absolute atomic E-state index is 14.6. The maximum atomic E-state index is 14.6. The molecule has 4 aliphatic heterocycles. The number of Topliss-reactive ketones (excluding diaryl/α,β-unsaturated/α-hetero) is 1. The van der Waals surface area contributed by atoms with Crippen molar-refractivity contribution in [2.75, 3.05) is 33.8 Å². The molecule has 2 bridgehead atoms. The van der Waals surface area contributed by atoms with E-state index in [1.54, 1.807) is 18.0 Å². The molecule has 0 saturated carbocycles. The van der Waals surface area contributed by atoms with Crippen LogP contribution < -0.4 is 0 Å². The number of fused-ring (bicyclic) bond motifs is 2. The zero-order chi connectivity index (χ0) is 41.4. The van der Waals surface area contributed by atoms with Gasteiger partial charge >= 0.3 is 12.1 Å². The van der Waals surface area contributed by atoms with Crippen molar-refractivity contribution in [3.8, 4) is 11.8 Å². The number of rotatable bonds is 6. The number of hydrogen-bond donors (Lipinski definition) is 1. The fourth-order valence-corrected chi connectivity index (χ4v) is 9.73. The zero-order valence-corrected chi connectivity index (χ0v) is 35.1. The second-order valence-corrected chi connectivity index (χ2v) is 17.1. The van der Waals surface area contributed by atoms with Gasteiger partial charge in [0.15, 0.2) is 17.7 Å². The lowest BCUT2D eigenvalue weighted by Gasteiger charge is -2.47. The molecule has 6 rings (SSSR count). The molecule has 57 heavy (non-hydrogen) atoms. The van der Waals surface area contributed by atoms with Crippen LogP contribution in [0.2, 0.25) is 0 Å². The van der Waals surface area contributed by atoms with Gasteiger partial charge in [0.05, 0.1) is 35.9 Å². The van der Waals surface area contributed by atoms with Crippen molar-refractivity contribution in [2.45, 2.75) is 129 Å². The first kappa shape index (κ1) is 42.7. The van der Waals surface area contributed by atoms with E-state index < -0.39 is 71.5 Å². The van der Waals surface area contributed by atoms with Gasteiger partial charge in [-0.25, -0.2) is 4.79 Å². The highest BCUT2D eigenvalue weighted by molar-refractivity contribution is 6.00. The van der Waals surface area contributed by atoms with Crippen molar-refractivity contribution in [3.63, 3.8) is 0 Å². The maximum Gasteiger partial charge on any atom is 0.410 e. The van der Waals surface area contributed by atoms with Gasteiger partial charge in [0.2, 0.25) is 0 Å². The van der Waals surface area contributed by atoms with Gasteiger partial charge in [0, 0.05) is 47.3 Å². The fourth-order valence-electron chi connectivity index (χ4n) is 9.73. The predicted octanol–water partition coefficient (Wildman–Crippen LogP) is 5.05. The second-order valence-electron chi connectivity index (χ2n) is 17.1. The minimum atomic E-state index is -1.25. The summed E-state index contributed by atoms with van der Waals surface area (Å²) in [5, 5.41) is 12.6. The average Bonchev–Trinajstić information content (AvgIpc) is 3.30. The summed E-state index contributed by atoms with van der Waals surface area (Å²) in [7, 11) is 3.80. The van der Waals surface area contributed by atoms with E-state index in [0.717, 1.165) is 22.2 Å². The Morgan fingerprint density at radius 2 is 1.81 bits per heavy atom. The number of para-hydroxylation sites is 1. The van der Waals surface area contributed by atoms with Crippen LogP contribution in [0.1, 0.15) is 80.2 Å². The summed E-state index contributed by atoms with van der Waals surface area (Å²) < 4.78 is 32.2. The number of nitrogens with zero attached hydrogens (tertiary/aromatic N) is 4. The molecule has 0 aliphatic carbocycles. The van der Waals surface area contributed by atoms with Crippen LogP contribution in [0.3, 0.4) is 0 Å². The van der Waals surface area contributed by atoms with Gasteiger partial charge < -0.3 is 33.7 Å². The number of aliphatic imine (C=N–C) groups is 1. The Kier molecular flexibility index (Phi) is 12.8. The SMILES string of the molecule is CC[C@H]1OC(=O)[C@H](C)C(=O)[C@H](C)[C@@H](O[C@@H]2O[C@H](C)C[C@H](N(C)C)[C@H]2O)[C@@](C)(OCC#Cc2cnc3ccccc3c2)C[C@@H](C)C2=NCCN3C(=O)O[C@@]1(C)[C@H]3[C@H]2C. The van der Waals surface area contributed by atoms with Gasteiger partial charge in [-0.05, 0) is 79.1 Å². The minimum absolute atomic E-state index is 0.0315. The number of ketones is 1. The molecule has 1 aromatic heterocycles. The predicted molar refractivity (Wildman–Crippen MR) is 214 cm³/mol. The number of esters is 1. The monoisotopic (exact) mass is 788 g/mol. The number of benzene rings is 1. The Morgan fingerprint density at radius 3 is 2.53 bits per heavy atom. The minimum Gasteiger partial charge on any atom is -0.458 e. The first-order valence-electron chi connectivity index (χ1n) is 20.4. The van der Waals surface area contributed by atoms with Crippen molar-refractivity contribution in [1.82, 2.24) is 14.8 Å². The highest BCUT2D eigenvalue weighted by Crippen LogP contribution is 2.44. The van der Waals surface area contributed by atoms with E-state index in [0.29, 0.717) is 32.4 Å². The van der Waals surface area contributed by atoms with Crippen LogP contribution in [0.4, 0.5) is 4.79 Å². The van der Waals surface area contributed by atoms with Gasteiger partial charge in [0.25, 0.3) is 0 Å². The lowest BCUT2D eigenvalue weighted by atomic mass is 9.73. The Bertz CT molecular complexity index is 1910. The molecule has 0 radical (unpaired) electrons. The number of pyridine rings is 1. The lowest BCUT2D eigenvalue weighted by molar-refractivity contribution is -0.296. The molecule has 4 aliphatic rings. The number of carbonyl (C=O) groups is 3. The Hall–Kier alpha value is -3.93. The van der Waals surface area contributed by atoms with Crippen LogP contribution in [-0.2, 0) is 33.3 Å². The lowest BCUT2D eigenvalue weighted by Crippen LogP contribution is -2.60. The van der Waals surface area contributed by atoms with Gasteiger partial charge in [-0.1, -0.05) is 57.7 Å². The van der Waals surface area contributed by atoms with E-state index in [9.17, 15) is 19.5 Å². The summed E-state index contributed by atoms with van der Waals surface area (Å²) in [4.78, 5) is 55.3. The van der Waals surface area contributed by atoms with Crippen LogP contribution in [0.15, 0.2) is 41.5 Å². The smallest absolute Gasteiger partial charge is 0.410 e. The number of cyclic esters (lactones) is 1. The fraction of sp³-hybridized carbons (Fsp3) is 0.659. The standard InChI is InChI=1S/C44H60N4O9/c1-11-34-44(8)38-27(4)35(45-18-19-48(38)42(52)57-44)25(2)23-43(7,53-20-14-15-30-22-31-16-12-13-17-32(31)46-24-30)39(28(5)36(49)29(6)40(51)55-34)56-41-37(50)33(47(9)10)21-26(3)54-41/h12-13,16-17,22,24-29,33-34,37-39,41,50H,11,18-21,23H2,1-10H3/t25-,26-,27+,28+,29-,33+,34-,37-,38-,39-,41+,43+,44-/m1/s1. The Balaban J connectivity index is 1.43. The molecule has 1 amide bonds. The van der Waals surface area contributed by atoms with E-state index in [-0.39, 0.29) is 30.6 Å². The van der Waals surface area contributed by atoms with E-state index in [4.69, 9.17) is 28.7 Å². The van der Waals surface area contributed by atoms with Crippen LogP contribution in [0.25, 0.3) is 10.9 Å². The third kappa shape index (κ3) is 8.48. The molecular formula is C44H60N4O9. The van der Waals surface area contributed by atoms with Crippen LogP contribution in [-0.4, -0.2) is 131 Å². The third-order valence-electron chi connectivity index (χ3n) is 12.7. The summed E-state index contributed by atoms with van der Waals surface area (Å²) in [6, 6.07) is 9.03. The number of carbonyl (C=O) groups excluding carboxylic acids is 3. The van der Waals surface area contributed by atoms with Gasteiger partial charge in [-0.15, -0.1) is 0 Å². The molecule has 0 spiro atoms. The van der Waals surface area contributed by atoms with Gasteiger partial charge in [0.1, 0.15) is 24.7 Å². The van der Waals surface area contributed by atoms with Crippen molar-refractivity contribution in [3.05, 3.63) is 42.1 Å². The van der Waals surface area contributed by atoms with Crippen molar-refractivity contribution >= 4 is 34.5 Å². The highest BCUT2D eigenvalue weighted by Gasteiger charge is 2.60. The van der Waals surface area contributed by atoms with E-state index in [2.05, 4.69) is 23.7 Å². The van der Waals surface area contributed by atoms with Crippen LogP contribution in [0, 0.1) is 35.5 Å². The average molecular weight is 789 g/mol. The number of amides is 1. The number of aromatic nitrogens is 1. The summed E-state index contributed by atoms with van der Waals surface area (Å²) in [5.74, 6) is 2.53. The molecule has 0 unspecified atom stereocenters. The number of likely N-dealkylation sites (N-methyl/N-ethyl adjacent to an activating group) is 1. The molecular weight excluding hydrogens is 729 g/mol. The van der Waals surface area contributed by atoms with Crippen LogP contribution in [0.5, 0.6) is 0 Å². The molecule has 3 fully saturated rings. The van der Waals surface area contributed by atoms with E-state index >= 15 is 0 Å². The highest BCUT2D eigenvalue weighted by atomic mass is 16.7. The molecule has 13 atom stereocenters. The largest absolute Gasteiger partial charge is 0.458 e. The summed E-state index contributed by atoms with van der Waals surface area (Å²) in [6.45, 7) is 15.6. The molecule has 13 nitrogen and oxygen atoms in total. The third-order valence-corrected chi connectivity index (χ3v) is 12.7. The molecule has 1 N–H and O–H groups in total. The Labute approximate surface area is 336 Å². The molecule has 5 heterocycles. The van der Waals surface area contributed by atoms with Gasteiger partial charge in [-0.2, -0.15) is 0 Å². The number of ether oxygens (including phenoxy) is 5. The van der Waals surface area contributed by atoms with E-state index in [1.807, 2.05) is 83.9 Å². The normalized spacial score (nSPS) is 37.8. The number of aliphatic hydroxyl groups excluding tert-OH is 1. The Morgan fingerprint density at radius 1 is 1.07 bits per heavy atom. The number of hydrogen-bond acceptors (Lipinski definition) is 12. The van der Waals surface area contributed by atoms with Crippen molar-refractivity contribution in [2.24, 2.45) is 28.7 Å². The molecule has 2 aromatic rings.